The van der Waals surface area contributed by atoms with Crippen LogP contribution in [0.3, 0.4) is 0 Å². The predicted octanol–water partition coefficient (Wildman–Crippen LogP) is 3.58. The number of rotatable bonds is 5. The summed E-state index contributed by atoms with van der Waals surface area (Å²) in [7, 11) is 2.06. The summed E-state index contributed by atoms with van der Waals surface area (Å²) in [6.45, 7) is 5.77. The van der Waals surface area contributed by atoms with Gasteiger partial charge in [-0.2, -0.15) is 0 Å². The fourth-order valence-electron chi connectivity index (χ4n) is 3.45. The summed E-state index contributed by atoms with van der Waals surface area (Å²) in [4.78, 5) is 18.7. The molecular weight excluding hydrogens is 364 g/mol. The van der Waals surface area contributed by atoms with E-state index in [1.807, 2.05) is 30.5 Å². The van der Waals surface area contributed by atoms with Gasteiger partial charge >= 0.3 is 5.97 Å². The number of carbonyl (C=O) groups is 1. The Kier molecular flexibility index (Phi) is 5.69. The molecule has 1 aromatic carbocycles. The van der Waals surface area contributed by atoms with Gasteiger partial charge in [-0.05, 0) is 50.6 Å². The highest BCUT2D eigenvalue weighted by molar-refractivity contribution is 6.30. The van der Waals surface area contributed by atoms with Crippen molar-refractivity contribution in [1.29, 1.82) is 0 Å². The number of hydrogen-bond acceptors (Lipinski definition) is 4. The van der Waals surface area contributed by atoms with E-state index < -0.39 is 12.0 Å². The number of halogens is 1. The molecule has 0 bridgehead atoms. The van der Waals surface area contributed by atoms with E-state index in [1.165, 1.54) is 0 Å². The van der Waals surface area contributed by atoms with Gasteiger partial charge in [0.15, 0.2) is 5.69 Å². The Morgan fingerprint density at radius 1 is 1.30 bits per heavy atom. The number of nitrogens with two attached hydrogens (primary N) is 1. The number of likely N-dealkylation sites (N-methyl/N-ethyl adjacent to an activating group) is 1. The summed E-state index contributed by atoms with van der Waals surface area (Å²) in [5.41, 5.74) is 8.92. The third-order valence-corrected chi connectivity index (χ3v) is 5.14. The molecule has 0 amide bonds. The number of aromatic carboxylic acids is 1. The molecule has 3 N–H and O–H groups in total. The van der Waals surface area contributed by atoms with Crippen molar-refractivity contribution in [3.63, 3.8) is 0 Å². The van der Waals surface area contributed by atoms with Crippen LogP contribution in [0.5, 0.6) is 0 Å². The van der Waals surface area contributed by atoms with E-state index in [1.54, 1.807) is 12.1 Å². The third-order valence-electron chi connectivity index (χ3n) is 4.89. The number of hydrogen-bond donors (Lipinski definition) is 2. The Morgan fingerprint density at radius 3 is 2.48 bits per heavy atom. The molecule has 1 atom stereocenters. The number of imidazole rings is 1. The average molecular weight is 389 g/mol. The molecule has 1 aliphatic heterocycles. The fraction of sp³-hybridized carbons (Fsp3) is 0.400. The van der Waals surface area contributed by atoms with E-state index in [4.69, 9.17) is 17.3 Å². The van der Waals surface area contributed by atoms with Crippen LogP contribution in [0.25, 0.3) is 5.57 Å². The molecule has 0 fully saturated rings. The highest BCUT2D eigenvalue weighted by atomic mass is 35.5. The molecule has 1 aromatic heterocycles. The number of aromatic nitrogens is 2. The summed E-state index contributed by atoms with van der Waals surface area (Å²) in [5, 5.41) is 10.4. The highest BCUT2D eigenvalue weighted by Crippen LogP contribution is 2.32. The zero-order chi connectivity index (χ0) is 19.7. The van der Waals surface area contributed by atoms with Crippen LogP contribution in [0.15, 0.2) is 30.3 Å². The van der Waals surface area contributed by atoms with Crippen LogP contribution in [0.2, 0.25) is 5.02 Å². The number of carboxylic acids is 1. The average Bonchev–Trinajstić information content (AvgIpc) is 3.03. The molecule has 2 aromatic rings. The van der Waals surface area contributed by atoms with Crippen LogP contribution >= 0.6 is 11.6 Å². The van der Waals surface area contributed by atoms with E-state index >= 15 is 0 Å². The maximum Gasteiger partial charge on any atom is 0.356 e. The van der Waals surface area contributed by atoms with Crippen molar-refractivity contribution in [2.24, 2.45) is 5.73 Å². The molecule has 3 rings (SSSR count). The Hall–Kier alpha value is -2.15. The maximum atomic E-state index is 12.0. The smallest absolute Gasteiger partial charge is 0.356 e. The lowest BCUT2D eigenvalue weighted by atomic mass is 10.0. The standard InChI is InChI=1S/C20H25ClN4O2/c1-12(2)25-18(16(22)13-4-6-15(21)7-5-13)17(20(26)27)23-19(25)14-8-10-24(3)11-9-14/h4-8,12,16H,9-11,22H2,1-3H3,(H,26,27). The van der Waals surface area contributed by atoms with Crippen LogP contribution in [0.1, 0.15) is 59.9 Å². The first kappa shape index (κ1) is 19.6. The lowest BCUT2D eigenvalue weighted by Crippen LogP contribution is -2.25. The topological polar surface area (TPSA) is 84.4 Å². The molecule has 144 valence electrons. The van der Waals surface area contributed by atoms with E-state index in [9.17, 15) is 9.90 Å². The van der Waals surface area contributed by atoms with Gasteiger partial charge in [0.25, 0.3) is 0 Å². The second-order valence-corrected chi connectivity index (χ2v) is 7.65. The molecule has 0 spiro atoms. The summed E-state index contributed by atoms with van der Waals surface area (Å²) in [5.74, 6) is -0.362. The zero-order valence-electron chi connectivity index (χ0n) is 15.8. The zero-order valence-corrected chi connectivity index (χ0v) is 16.6. The molecule has 0 aliphatic carbocycles. The molecule has 0 saturated heterocycles. The quantitative estimate of drug-likeness (QED) is 0.817. The maximum absolute atomic E-state index is 12.0. The molecule has 0 radical (unpaired) electrons. The second-order valence-electron chi connectivity index (χ2n) is 7.21. The third kappa shape index (κ3) is 3.93. The van der Waals surface area contributed by atoms with Crippen LogP contribution in [-0.4, -0.2) is 45.7 Å². The lowest BCUT2D eigenvalue weighted by Gasteiger charge is -2.25. The minimum atomic E-state index is -1.07. The summed E-state index contributed by atoms with van der Waals surface area (Å²) in [6.07, 6.45) is 2.95. The Labute approximate surface area is 164 Å². The monoisotopic (exact) mass is 388 g/mol. The highest BCUT2D eigenvalue weighted by Gasteiger charge is 2.30. The van der Waals surface area contributed by atoms with Crippen molar-refractivity contribution in [3.05, 3.63) is 58.1 Å². The molecular formula is C20H25ClN4O2. The van der Waals surface area contributed by atoms with Crippen LogP contribution in [-0.2, 0) is 0 Å². The van der Waals surface area contributed by atoms with Crippen LogP contribution in [0.4, 0.5) is 0 Å². The first-order valence-electron chi connectivity index (χ1n) is 9.04. The van der Waals surface area contributed by atoms with E-state index in [0.29, 0.717) is 16.5 Å². The number of carboxylic acid groups (broad SMARTS) is 1. The van der Waals surface area contributed by atoms with Crippen LogP contribution in [0, 0.1) is 0 Å². The fourth-order valence-corrected chi connectivity index (χ4v) is 3.58. The van der Waals surface area contributed by atoms with E-state index in [2.05, 4.69) is 23.0 Å². The van der Waals surface area contributed by atoms with Gasteiger partial charge in [-0.15, -0.1) is 0 Å². The summed E-state index contributed by atoms with van der Waals surface area (Å²) in [6, 6.07) is 6.58. The SMILES string of the molecule is CC(C)n1c(C2=CCN(C)CC2)nc(C(=O)O)c1C(N)c1ccc(Cl)cc1. The van der Waals surface area contributed by atoms with Crippen molar-refractivity contribution < 1.29 is 9.90 Å². The van der Waals surface area contributed by atoms with Crippen molar-refractivity contribution in [2.45, 2.75) is 32.4 Å². The van der Waals surface area contributed by atoms with Gasteiger partial charge in [0, 0.05) is 24.2 Å². The van der Waals surface area contributed by atoms with Crippen molar-refractivity contribution >= 4 is 23.1 Å². The molecule has 1 unspecified atom stereocenters. The molecule has 2 heterocycles. The van der Waals surface area contributed by atoms with Gasteiger partial charge < -0.3 is 20.3 Å². The molecule has 1 aliphatic rings. The number of nitrogens with zero attached hydrogens (tertiary/aromatic N) is 3. The van der Waals surface area contributed by atoms with Crippen LogP contribution < -0.4 is 5.73 Å². The lowest BCUT2D eigenvalue weighted by molar-refractivity contribution is 0.0689. The summed E-state index contributed by atoms with van der Waals surface area (Å²) >= 11 is 5.98. The van der Waals surface area contributed by atoms with Gasteiger partial charge in [-0.1, -0.05) is 29.8 Å². The Balaban J connectivity index is 2.16. The number of benzene rings is 1. The first-order valence-corrected chi connectivity index (χ1v) is 9.41. The van der Waals surface area contributed by atoms with Gasteiger partial charge in [0.1, 0.15) is 5.82 Å². The van der Waals surface area contributed by atoms with Gasteiger partial charge in [-0.3, -0.25) is 0 Å². The van der Waals surface area contributed by atoms with Crippen molar-refractivity contribution in [2.75, 3.05) is 20.1 Å². The van der Waals surface area contributed by atoms with Gasteiger partial charge in [0.2, 0.25) is 0 Å². The normalized spacial score (nSPS) is 16.4. The molecule has 27 heavy (non-hydrogen) atoms. The van der Waals surface area contributed by atoms with Gasteiger partial charge in [0.05, 0.1) is 11.7 Å². The predicted molar refractivity (Wildman–Crippen MR) is 107 cm³/mol. The van der Waals surface area contributed by atoms with Crippen molar-refractivity contribution in [3.8, 4) is 0 Å². The van der Waals surface area contributed by atoms with Gasteiger partial charge in [-0.25, -0.2) is 9.78 Å². The molecule has 6 nitrogen and oxygen atoms in total. The first-order chi connectivity index (χ1) is 12.8. The summed E-state index contributed by atoms with van der Waals surface area (Å²) < 4.78 is 1.97. The van der Waals surface area contributed by atoms with E-state index in [0.717, 1.165) is 30.6 Å². The molecule has 0 saturated carbocycles. The minimum Gasteiger partial charge on any atom is -0.476 e. The minimum absolute atomic E-state index is 0.0148. The van der Waals surface area contributed by atoms with E-state index in [-0.39, 0.29) is 11.7 Å². The largest absolute Gasteiger partial charge is 0.476 e. The Bertz CT molecular complexity index is 871. The second kappa shape index (κ2) is 7.84. The van der Waals surface area contributed by atoms with Crippen molar-refractivity contribution in [1.82, 2.24) is 14.5 Å². The molecule has 7 heteroatoms. The Morgan fingerprint density at radius 2 is 1.96 bits per heavy atom.